The Balaban J connectivity index is 1.43. The van der Waals surface area contributed by atoms with E-state index in [2.05, 4.69) is 45.8 Å². The molecule has 0 bridgehead atoms. The van der Waals surface area contributed by atoms with E-state index in [1.165, 1.54) is 11.8 Å². The van der Waals surface area contributed by atoms with Gasteiger partial charge in [-0.25, -0.2) is 0 Å². The van der Waals surface area contributed by atoms with Gasteiger partial charge in [0.25, 0.3) is 0 Å². The Labute approximate surface area is 216 Å². The van der Waals surface area contributed by atoms with Crippen LogP contribution < -0.4 is 10.2 Å². The van der Waals surface area contributed by atoms with Crippen LogP contribution in [0.1, 0.15) is 33.6 Å². The van der Waals surface area contributed by atoms with E-state index in [4.69, 9.17) is 16.3 Å². The van der Waals surface area contributed by atoms with Crippen molar-refractivity contribution in [3.63, 3.8) is 0 Å². The average Bonchev–Trinajstić information content (AvgIpc) is 3.50. The predicted molar refractivity (Wildman–Crippen MR) is 143 cm³/mol. The molecule has 35 heavy (non-hydrogen) atoms. The highest BCUT2D eigenvalue weighted by atomic mass is 35.5. The number of aromatic nitrogens is 3. The Morgan fingerprint density at radius 1 is 1.20 bits per heavy atom. The summed E-state index contributed by atoms with van der Waals surface area (Å²) < 4.78 is 7.91. The Hall–Kier alpha value is -2.55. The van der Waals surface area contributed by atoms with Gasteiger partial charge in [0.2, 0.25) is 5.91 Å². The predicted octanol–water partition coefficient (Wildman–Crippen LogP) is 5.74. The van der Waals surface area contributed by atoms with E-state index < -0.39 is 0 Å². The van der Waals surface area contributed by atoms with Crippen LogP contribution in [0.4, 0.5) is 11.4 Å². The van der Waals surface area contributed by atoms with Gasteiger partial charge >= 0.3 is 0 Å². The molecule has 0 spiro atoms. The van der Waals surface area contributed by atoms with Gasteiger partial charge in [0, 0.05) is 41.2 Å². The molecule has 0 aliphatic carbocycles. The second-order valence-corrected chi connectivity index (χ2v) is 10.2. The summed E-state index contributed by atoms with van der Waals surface area (Å²) in [5.41, 5.74) is 2.85. The number of rotatable bonds is 10. The molecule has 3 aromatic rings. The molecule has 0 saturated carbocycles. The first-order valence-corrected chi connectivity index (χ1v) is 13.4. The molecule has 2 aromatic carbocycles. The molecule has 1 N–H and O–H groups in total. The Morgan fingerprint density at radius 2 is 1.94 bits per heavy atom. The largest absolute Gasteiger partial charge is 0.376 e. The van der Waals surface area contributed by atoms with Crippen LogP contribution >= 0.6 is 23.4 Å². The molecule has 4 rings (SSSR count). The van der Waals surface area contributed by atoms with Gasteiger partial charge in [-0.15, -0.1) is 10.2 Å². The molecule has 1 saturated heterocycles. The fraction of sp³-hybridized carbons (Fsp3) is 0.423. The van der Waals surface area contributed by atoms with Crippen molar-refractivity contribution in [1.29, 1.82) is 0 Å². The Kier molecular flexibility index (Phi) is 8.70. The number of nitrogens with zero attached hydrogens (tertiary/aromatic N) is 4. The second kappa shape index (κ2) is 11.9. The number of nitrogens with one attached hydrogen (secondary N) is 1. The zero-order valence-electron chi connectivity index (χ0n) is 20.4. The summed E-state index contributed by atoms with van der Waals surface area (Å²) in [5, 5.41) is 13.2. The van der Waals surface area contributed by atoms with Gasteiger partial charge in [0.15, 0.2) is 11.0 Å². The van der Waals surface area contributed by atoms with Gasteiger partial charge in [-0.05, 0) is 82.1 Å². The third-order valence-corrected chi connectivity index (χ3v) is 7.23. The summed E-state index contributed by atoms with van der Waals surface area (Å²) in [7, 11) is 0. The van der Waals surface area contributed by atoms with Crippen molar-refractivity contribution in [2.75, 3.05) is 29.1 Å². The molecular weight excluding hydrogens is 482 g/mol. The van der Waals surface area contributed by atoms with Crippen LogP contribution in [0.25, 0.3) is 11.4 Å². The number of halogens is 1. The van der Waals surface area contributed by atoms with E-state index in [0.29, 0.717) is 22.8 Å². The smallest absolute Gasteiger partial charge is 0.234 e. The maximum Gasteiger partial charge on any atom is 0.234 e. The number of carbonyl (C=O) groups excluding carboxylic acids is 1. The number of anilines is 2. The first kappa shape index (κ1) is 25.5. The van der Waals surface area contributed by atoms with Gasteiger partial charge in [-0.3, -0.25) is 9.36 Å². The zero-order valence-corrected chi connectivity index (χ0v) is 22.0. The molecule has 1 fully saturated rings. The van der Waals surface area contributed by atoms with Crippen LogP contribution in [0.5, 0.6) is 0 Å². The van der Waals surface area contributed by atoms with Crippen LogP contribution in [0.15, 0.2) is 53.7 Å². The molecule has 1 aromatic heterocycles. The molecule has 1 aliphatic heterocycles. The van der Waals surface area contributed by atoms with Crippen LogP contribution in [0.3, 0.4) is 0 Å². The summed E-state index contributed by atoms with van der Waals surface area (Å²) in [5.74, 6) is 0.902. The van der Waals surface area contributed by atoms with E-state index in [9.17, 15) is 4.79 Å². The summed E-state index contributed by atoms with van der Waals surface area (Å²) >= 11 is 7.44. The number of benzene rings is 2. The van der Waals surface area contributed by atoms with Crippen molar-refractivity contribution >= 4 is 40.6 Å². The Morgan fingerprint density at radius 3 is 2.57 bits per heavy atom. The lowest BCUT2D eigenvalue weighted by Crippen LogP contribution is -2.30. The van der Waals surface area contributed by atoms with Gasteiger partial charge in [-0.2, -0.15) is 0 Å². The van der Waals surface area contributed by atoms with E-state index in [0.717, 1.165) is 48.8 Å². The fourth-order valence-electron chi connectivity index (χ4n) is 4.27. The molecule has 1 amide bonds. The summed E-state index contributed by atoms with van der Waals surface area (Å²) in [6.45, 7) is 8.85. The molecule has 9 heteroatoms. The van der Waals surface area contributed by atoms with Crippen molar-refractivity contribution < 1.29 is 9.53 Å². The number of hydrogen-bond acceptors (Lipinski definition) is 6. The van der Waals surface area contributed by atoms with Crippen LogP contribution in [0.2, 0.25) is 5.02 Å². The molecule has 2 heterocycles. The SMILES string of the molecule is CCN(c1ccc(NC(=O)CSc2nnc(-c3ccc(Cl)cc3)n2CC2CCCO2)cc1)C(C)C. The first-order valence-electron chi connectivity index (χ1n) is 12.0. The van der Waals surface area contributed by atoms with E-state index in [1.54, 1.807) is 0 Å². The van der Waals surface area contributed by atoms with Crippen LogP contribution in [-0.4, -0.2) is 51.7 Å². The lowest BCUT2D eigenvalue weighted by atomic mass is 10.2. The quantitative estimate of drug-likeness (QED) is 0.348. The highest BCUT2D eigenvalue weighted by Gasteiger charge is 2.22. The van der Waals surface area contributed by atoms with Gasteiger partial charge in [-0.1, -0.05) is 23.4 Å². The maximum absolute atomic E-state index is 12.7. The lowest BCUT2D eigenvalue weighted by Gasteiger charge is -2.27. The number of carbonyl (C=O) groups is 1. The Bertz CT molecular complexity index is 1110. The molecule has 1 atom stereocenters. The highest BCUT2D eigenvalue weighted by molar-refractivity contribution is 7.99. The zero-order chi connectivity index (χ0) is 24.8. The monoisotopic (exact) mass is 513 g/mol. The summed E-state index contributed by atoms with van der Waals surface area (Å²) in [4.78, 5) is 15.0. The van der Waals surface area contributed by atoms with E-state index in [1.807, 2.05) is 48.5 Å². The number of thioether (sulfide) groups is 1. The van der Waals surface area contributed by atoms with Gasteiger partial charge in [0.1, 0.15) is 0 Å². The number of ether oxygens (including phenoxy) is 1. The normalized spacial score (nSPS) is 15.5. The topological polar surface area (TPSA) is 72.3 Å². The van der Waals surface area contributed by atoms with Gasteiger partial charge in [0.05, 0.1) is 18.4 Å². The molecular formula is C26H32ClN5O2S. The molecule has 1 aliphatic rings. The molecule has 7 nitrogen and oxygen atoms in total. The number of amides is 1. The number of hydrogen-bond donors (Lipinski definition) is 1. The summed E-state index contributed by atoms with van der Waals surface area (Å²) in [6.07, 6.45) is 2.18. The lowest BCUT2D eigenvalue weighted by molar-refractivity contribution is -0.113. The molecule has 0 radical (unpaired) electrons. The minimum atomic E-state index is -0.0846. The minimum absolute atomic E-state index is 0.0846. The standard InChI is InChI=1S/C26H32ClN5O2S/c1-4-31(18(2)3)22-13-11-21(12-14-22)28-24(33)17-35-26-30-29-25(19-7-9-20(27)10-8-19)32(26)16-23-6-5-15-34-23/h7-14,18,23H,4-6,15-17H2,1-3H3,(H,28,33). The van der Waals surface area contributed by atoms with Crippen molar-refractivity contribution in [2.24, 2.45) is 0 Å². The third kappa shape index (κ3) is 6.57. The minimum Gasteiger partial charge on any atom is -0.376 e. The van der Waals surface area contributed by atoms with Crippen molar-refractivity contribution in [3.05, 3.63) is 53.6 Å². The average molecular weight is 514 g/mol. The highest BCUT2D eigenvalue weighted by Crippen LogP contribution is 2.28. The van der Waals surface area contributed by atoms with Crippen molar-refractivity contribution in [2.45, 2.75) is 57.5 Å². The molecule has 186 valence electrons. The summed E-state index contributed by atoms with van der Waals surface area (Å²) in [6, 6.07) is 15.9. The van der Waals surface area contributed by atoms with Gasteiger partial charge < -0.3 is 15.0 Å². The van der Waals surface area contributed by atoms with E-state index in [-0.39, 0.29) is 17.8 Å². The third-order valence-electron chi connectivity index (χ3n) is 6.01. The van der Waals surface area contributed by atoms with Crippen LogP contribution in [-0.2, 0) is 16.1 Å². The second-order valence-electron chi connectivity index (χ2n) is 8.82. The van der Waals surface area contributed by atoms with E-state index >= 15 is 0 Å². The maximum atomic E-state index is 12.7. The first-order chi connectivity index (χ1) is 16.9. The van der Waals surface area contributed by atoms with Crippen LogP contribution in [0, 0.1) is 0 Å². The fourth-order valence-corrected chi connectivity index (χ4v) is 5.15. The van der Waals surface area contributed by atoms with Crippen molar-refractivity contribution in [3.8, 4) is 11.4 Å². The van der Waals surface area contributed by atoms with Crippen molar-refractivity contribution in [1.82, 2.24) is 14.8 Å². The molecule has 1 unspecified atom stereocenters.